The lowest BCUT2D eigenvalue weighted by Crippen LogP contribution is -2.11. The van der Waals surface area contributed by atoms with Crippen molar-refractivity contribution in [3.8, 4) is 5.75 Å². The summed E-state index contributed by atoms with van der Waals surface area (Å²) in [5.74, 6) is -3.42. The molecular formula is C17H14F2N4O4S2. The number of methoxy groups -OCH3 is 1. The van der Waals surface area contributed by atoms with E-state index < -0.39 is 33.0 Å². The first-order valence-corrected chi connectivity index (χ1v) is 10.2. The first kappa shape index (κ1) is 20.6. The van der Waals surface area contributed by atoms with E-state index in [0.29, 0.717) is 5.69 Å². The van der Waals surface area contributed by atoms with Crippen LogP contribution < -0.4 is 20.9 Å². The number of benzene rings is 2. The van der Waals surface area contributed by atoms with Crippen molar-refractivity contribution in [2.45, 2.75) is 4.90 Å². The molecule has 1 aromatic heterocycles. The van der Waals surface area contributed by atoms with Crippen molar-refractivity contribution in [1.29, 1.82) is 0 Å². The first-order chi connectivity index (χ1) is 13.6. The predicted molar refractivity (Wildman–Crippen MR) is 104 cm³/mol. The summed E-state index contributed by atoms with van der Waals surface area (Å²) in [4.78, 5) is 16.3. The van der Waals surface area contributed by atoms with Gasteiger partial charge in [-0.25, -0.2) is 27.3 Å². The van der Waals surface area contributed by atoms with Crippen molar-refractivity contribution < 1.29 is 26.7 Å². The van der Waals surface area contributed by atoms with E-state index in [4.69, 9.17) is 15.6 Å². The third kappa shape index (κ3) is 4.34. The third-order valence-electron chi connectivity index (χ3n) is 3.77. The van der Waals surface area contributed by atoms with Crippen LogP contribution in [-0.4, -0.2) is 26.3 Å². The van der Waals surface area contributed by atoms with Crippen LogP contribution in [0.5, 0.6) is 5.75 Å². The van der Waals surface area contributed by atoms with E-state index in [9.17, 15) is 22.0 Å². The Labute approximate surface area is 168 Å². The van der Waals surface area contributed by atoms with E-state index in [2.05, 4.69) is 10.3 Å². The standard InChI is InChI=1S/C17H14F2N4O4S2/c1-27-9-6-11(18)13(12(19)7-9)14(24)15-16(20)23-17(28-15)22-8-2-4-10(5-3-8)29(21,25)26/h2-7H,20H2,1H3,(H,22,23)(H2,21,25,26). The number of carbonyl (C=O) groups excluding carboxylic acids is 1. The highest BCUT2D eigenvalue weighted by molar-refractivity contribution is 7.89. The molecular weight excluding hydrogens is 426 g/mol. The summed E-state index contributed by atoms with van der Waals surface area (Å²) in [6.45, 7) is 0. The lowest BCUT2D eigenvalue weighted by molar-refractivity contribution is 0.103. The number of nitrogens with one attached hydrogen (secondary N) is 1. The number of ketones is 1. The molecule has 0 fully saturated rings. The fourth-order valence-electron chi connectivity index (χ4n) is 2.40. The maximum absolute atomic E-state index is 14.2. The van der Waals surface area contributed by atoms with E-state index in [1.165, 1.54) is 31.4 Å². The summed E-state index contributed by atoms with van der Waals surface area (Å²) < 4.78 is 55.7. The highest BCUT2D eigenvalue weighted by atomic mass is 32.2. The van der Waals surface area contributed by atoms with E-state index in [1.807, 2.05) is 0 Å². The van der Waals surface area contributed by atoms with E-state index >= 15 is 0 Å². The van der Waals surface area contributed by atoms with Crippen molar-refractivity contribution in [1.82, 2.24) is 4.98 Å². The molecule has 152 valence electrons. The van der Waals surface area contributed by atoms with Gasteiger partial charge in [-0.3, -0.25) is 4.79 Å². The number of carbonyl (C=O) groups is 1. The third-order valence-corrected chi connectivity index (χ3v) is 5.69. The zero-order valence-corrected chi connectivity index (χ0v) is 16.4. The Bertz CT molecular complexity index is 1170. The van der Waals surface area contributed by atoms with Gasteiger partial charge in [0.15, 0.2) is 5.13 Å². The van der Waals surface area contributed by atoms with Crippen LogP contribution in [0.3, 0.4) is 0 Å². The van der Waals surface area contributed by atoms with Gasteiger partial charge in [0, 0.05) is 17.8 Å². The normalized spacial score (nSPS) is 11.3. The minimum atomic E-state index is -3.84. The van der Waals surface area contributed by atoms with Crippen molar-refractivity contribution in [3.05, 3.63) is 58.5 Å². The van der Waals surface area contributed by atoms with Crippen LogP contribution in [0.1, 0.15) is 15.2 Å². The molecule has 0 radical (unpaired) electrons. The van der Waals surface area contributed by atoms with Crippen LogP contribution in [0.4, 0.5) is 25.4 Å². The maximum Gasteiger partial charge on any atom is 0.238 e. The number of aromatic nitrogens is 1. The number of thiazole rings is 1. The monoisotopic (exact) mass is 440 g/mol. The Kier molecular flexibility index (Phi) is 5.50. The predicted octanol–water partition coefficient (Wildman–Crippen LogP) is 2.63. The molecule has 3 aromatic rings. The molecule has 1 heterocycles. The molecule has 12 heteroatoms. The second kappa shape index (κ2) is 7.73. The zero-order valence-electron chi connectivity index (χ0n) is 14.8. The van der Waals surface area contributed by atoms with Gasteiger partial charge in [0.2, 0.25) is 15.8 Å². The molecule has 3 rings (SSSR count). The Morgan fingerprint density at radius 3 is 2.28 bits per heavy atom. The SMILES string of the molecule is COc1cc(F)c(C(=O)c2sc(Nc3ccc(S(N)(=O)=O)cc3)nc2N)c(F)c1. The number of anilines is 3. The number of rotatable bonds is 6. The molecule has 0 aliphatic heterocycles. The topological polar surface area (TPSA) is 137 Å². The average molecular weight is 440 g/mol. The molecule has 0 bridgehead atoms. The molecule has 2 aromatic carbocycles. The van der Waals surface area contributed by atoms with Gasteiger partial charge in [0.25, 0.3) is 0 Å². The fraction of sp³-hybridized carbons (Fsp3) is 0.0588. The average Bonchev–Trinajstić information content (AvgIpc) is 3.00. The van der Waals surface area contributed by atoms with Crippen molar-refractivity contribution in [3.63, 3.8) is 0 Å². The molecule has 0 unspecified atom stereocenters. The quantitative estimate of drug-likeness (QED) is 0.501. The number of halogens is 2. The molecule has 0 amide bonds. The van der Waals surface area contributed by atoms with Gasteiger partial charge in [-0.15, -0.1) is 0 Å². The lowest BCUT2D eigenvalue weighted by atomic mass is 10.1. The Balaban J connectivity index is 1.88. The van der Waals surface area contributed by atoms with Crippen molar-refractivity contribution in [2.24, 2.45) is 5.14 Å². The number of nitrogens with zero attached hydrogens (tertiary/aromatic N) is 1. The number of primary sulfonamides is 1. The molecule has 0 saturated heterocycles. The van der Waals surface area contributed by atoms with Gasteiger partial charge < -0.3 is 15.8 Å². The molecule has 5 N–H and O–H groups in total. The summed E-state index contributed by atoms with van der Waals surface area (Å²) in [5.41, 5.74) is 5.41. The molecule has 0 atom stereocenters. The highest BCUT2D eigenvalue weighted by Gasteiger charge is 2.25. The molecule has 0 aliphatic rings. The summed E-state index contributed by atoms with van der Waals surface area (Å²) in [6, 6.07) is 7.20. The number of hydrogen-bond donors (Lipinski definition) is 3. The minimum Gasteiger partial charge on any atom is -0.497 e. The van der Waals surface area contributed by atoms with Gasteiger partial charge in [-0.05, 0) is 24.3 Å². The Hall–Kier alpha value is -3.09. The van der Waals surface area contributed by atoms with Crippen LogP contribution in [0.25, 0.3) is 0 Å². The Morgan fingerprint density at radius 2 is 1.76 bits per heavy atom. The summed E-state index contributed by atoms with van der Waals surface area (Å²) in [5, 5.41) is 8.03. The smallest absolute Gasteiger partial charge is 0.238 e. The second-order valence-corrected chi connectivity index (χ2v) is 8.28. The lowest BCUT2D eigenvalue weighted by Gasteiger charge is -2.06. The maximum atomic E-state index is 14.2. The Morgan fingerprint density at radius 1 is 1.17 bits per heavy atom. The van der Waals surface area contributed by atoms with Gasteiger partial charge in [-0.2, -0.15) is 0 Å². The number of nitrogens with two attached hydrogens (primary N) is 2. The van der Waals surface area contributed by atoms with Crippen molar-refractivity contribution in [2.75, 3.05) is 18.2 Å². The summed E-state index contributed by atoms with van der Waals surface area (Å²) in [6.07, 6.45) is 0. The number of hydrogen-bond acceptors (Lipinski definition) is 8. The second-order valence-electron chi connectivity index (χ2n) is 5.72. The first-order valence-electron chi connectivity index (χ1n) is 7.84. The molecule has 8 nitrogen and oxygen atoms in total. The summed E-state index contributed by atoms with van der Waals surface area (Å²) >= 11 is 0.790. The van der Waals surface area contributed by atoms with Crippen LogP contribution in [0.15, 0.2) is 41.3 Å². The van der Waals surface area contributed by atoms with Crippen LogP contribution in [0, 0.1) is 11.6 Å². The van der Waals surface area contributed by atoms with Crippen LogP contribution in [0.2, 0.25) is 0 Å². The largest absolute Gasteiger partial charge is 0.497 e. The van der Waals surface area contributed by atoms with Crippen LogP contribution in [-0.2, 0) is 10.0 Å². The van der Waals surface area contributed by atoms with E-state index in [1.54, 1.807) is 0 Å². The number of ether oxygens (including phenoxy) is 1. The summed E-state index contributed by atoms with van der Waals surface area (Å²) in [7, 11) is -2.60. The van der Waals surface area contributed by atoms with Crippen LogP contribution >= 0.6 is 11.3 Å². The van der Waals surface area contributed by atoms with E-state index in [0.717, 1.165) is 23.5 Å². The van der Waals surface area contributed by atoms with E-state index in [-0.39, 0.29) is 26.5 Å². The van der Waals surface area contributed by atoms with Gasteiger partial charge in [0.1, 0.15) is 28.1 Å². The molecule has 0 aliphatic carbocycles. The van der Waals surface area contributed by atoms with Gasteiger partial charge in [-0.1, -0.05) is 11.3 Å². The zero-order chi connectivity index (χ0) is 21.3. The molecule has 29 heavy (non-hydrogen) atoms. The molecule has 0 spiro atoms. The van der Waals surface area contributed by atoms with Gasteiger partial charge in [0.05, 0.1) is 17.6 Å². The van der Waals surface area contributed by atoms with Crippen molar-refractivity contribution >= 4 is 43.8 Å². The fourth-order valence-corrected chi connectivity index (χ4v) is 3.76. The number of sulfonamides is 1. The molecule has 0 saturated carbocycles. The minimum absolute atomic E-state index is 0.0703. The van der Waals surface area contributed by atoms with Gasteiger partial charge >= 0.3 is 0 Å². The highest BCUT2D eigenvalue weighted by Crippen LogP contribution is 2.32. The number of nitrogen functional groups attached to an aromatic ring is 1.